The van der Waals surface area contributed by atoms with Gasteiger partial charge in [-0.2, -0.15) is 5.26 Å². The molecule has 0 aliphatic carbocycles. The molecule has 1 heterocycles. The summed E-state index contributed by atoms with van der Waals surface area (Å²) in [5.74, 6) is 0.336. The molecule has 1 aromatic rings. The summed E-state index contributed by atoms with van der Waals surface area (Å²) in [5.41, 5.74) is 0.277. The van der Waals surface area contributed by atoms with E-state index in [1.807, 2.05) is 6.07 Å². The SMILES string of the molecule is CC(=O)N[C@@H]1c2cc(C#N)ccc2OC(C)(C)[C@H]1O. The Morgan fingerprint density at radius 2 is 2.21 bits per heavy atom. The highest BCUT2D eigenvalue weighted by molar-refractivity contribution is 5.74. The lowest BCUT2D eigenvalue weighted by Gasteiger charge is -2.42. The molecule has 0 saturated heterocycles. The first-order valence-electron chi connectivity index (χ1n) is 6.03. The van der Waals surface area contributed by atoms with Crippen LogP contribution in [0.1, 0.15) is 37.9 Å². The first-order valence-corrected chi connectivity index (χ1v) is 6.03. The van der Waals surface area contributed by atoms with Crippen molar-refractivity contribution in [2.75, 3.05) is 0 Å². The average Bonchev–Trinajstić information content (AvgIpc) is 2.34. The summed E-state index contributed by atoms with van der Waals surface area (Å²) in [6.07, 6.45) is -0.891. The standard InChI is InChI=1S/C14H16N2O3/c1-8(17)16-12-10-6-9(7-15)4-5-11(10)19-14(2,3)13(12)18/h4-6,12-13,18H,1-3H3,(H,16,17)/t12-,13+/m1/s1. The van der Waals surface area contributed by atoms with Crippen LogP contribution in [0.15, 0.2) is 18.2 Å². The van der Waals surface area contributed by atoms with Crippen molar-refractivity contribution in [2.45, 2.75) is 38.5 Å². The molecule has 0 unspecified atom stereocenters. The van der Waals surface area contributed by atoms with E-state index in [2.05, 4.69) is 5.32 Å². The fourth-order valence-electron chi connectivity index (χ4n) is 2.24. The summed E-state index contributed by atoms with van der Waals surface area (Å²) in [5, 5.41) is 22.0. The van der Waals surface area contributed by atoms with Crippen LogP contribution in [0.5, 0.6) is 5.75 Å². The Hall–Kier alpha value is -2.06. The van der Waals surface area contributed by atoms with Crippen LogP contribution in [-0.4, -0.2) is 22.7 Å². The molecular weight excluding hydrogens is 244 g/mol. The third kappa shape index (κ3) is 2.40. The van der Waals surface area contributed by atoms with Crippen LogP contribution in [0.3, 0.4) is 0 Å². The van der Waals surface area contributed by atoms with Crippen LogP contribution in [0.2, 0.25) is 0 Å². The normalized spacial score (nSPS) is 23.7. The van der Waals surface area contributed by atoms with Crippen molar-refractivity contribution in [3.8, 4) is 11.8 Å². The van der Waals surface area contributed by atoms with Gasteiger partial charge >= 0.3 is 0 Å². The number of amides is 1. The number of nitrogens with zero attached hydrogens (tertiary/aromatic N) is 1. The van der Waals surface area contributed by atoms with E-state index in [0.717, 1.165) is 0 Å². The van der Waals surface area contributed by atoms with Crippen molar-refractivity contribution in [2.24, 2.45) is 0 Å². The van der Waals surface area contributed by atoms with Gasteiger partial charge in [-0.1, -0.05) is 0 Å². The number of benzene rings is 1. The minimum atomic E-state index is -0.891. The number of fused-ring (bicyclic) bond motifs is 1. The maximum Gasteiger partial charge on any atom is 0.217 e. The highest BCUT2D eigenvalue weighted by atomic mass is 16.5. The maximum absolute atomic E-state index is 11.3. The number of hydrogen-bond donors (Lipinski definition) is 2. The monoisotopic (exact) mass is 260 g/mol. The van der Waals surface area contributed by atoms with E-state index < -0.39 is 17.7 Å². The van der Waals surface area contributed by atoms with Gasteiger partial charge in [-0.05, 0) is 32.0 Å². The van der Waals surface area contributed by atoms with E-state index in [1.54, 1.807) is 32.0 Å². The van der Waals surface area contributed by atoms with Crippen molar-refractivity contribution in [1.82, 2.24) is 5.32 Å². The van der Waals surface area contributed by atoms with Gasteiger partial charge in [0.1, 0.15) is 17.5 Å². The topological polar surface area (TPSA) is 82.4 Å². The Kier molecular flexibility index (Phi) is 3.21. The number of aliphatic hydroxyl groups excluding tert-OH is 1. The predicted molar refractivity (Wildman–Crippen MR) is 68.4 cm³/mol. The summed E-state index contributed by atoms with van der Waals surface area (Å²) >= 11 is 0. The molecule has 100 valence electrons. The minimum absolute atomic E-state index is 0.241. The summed E-state index contributed by atoms with van der Waals surface area (Å²) in [7, 11) is 0. The van der Waals surface area contributed by atoms with Gasteiger partial charge in [0.05, 0.1) is 17.7 Å². The van der Waals surface area contributed by atoms with Gasteiger partial charge in [0.2, 0.25) is 5.91 Å². The Balaban J connectivity index is 2.52. The molecule has 1 amide bonds. The second-order valence-corrected chi connectivity index (χ2v) is 5.19. The minimum Gasteiger partial charge on any atom is -0.485 e. The molecule has 1 aliphatic heterocycles. The first-order chi connectivity index (χ1) is 8.85. The van der Waals surface area contributed by atoms with Gasteiger partial charge in [0.15, 0.2) is 0 Å². The number of aliphatic hydroxyl groups is 1. The fourth-order valence-corrected chi connectivity index (χ4v) is 2.24. The zero-order valence-electron chi connectivity index (χ0n) is 11.1. The van der Waals surface area contributed by atoms with Crippen LogP contribution in [0.4, 0.5) is 0 Å². The van der Waals surface area contributed by atoms with Crippen LogP contribution in [0.25, 0.3) is 0 Å². The van der Waals surface area contributed by atoms with Gasteiger partial charge in [0.25, 0.3) is 0 Å². The molecule has 2 atom stereocenters. The van der Waals surface area contributed by atoms with Crippen LogP contribution < -0.4 is 10.1 Å². The summed E-state index contributed by atoms with van der Waals surface area (Å²) < 4.78 is 5.73. The molecule has 5 nitrogen and oxygen atoms in total. The van der Waals surface area contributed by atoms with Gasteiger partial charge in [-0.25, -0.2) is 0 Å². The van der Waals surface area contributed by atoms with Crippen molar-refractivity contribution >= 4 is 5.91 Å². The van der Waals surface area contributed by atoms with E-state index in [-0.39, 0.29) is 5.91 Å². The molecule has 0 saturated carbocycles. The Morgan fingerprint density at radius 1 is 1.53 bits per heavy atom. The second kappa shape index (κ2) is 4.56. The third-order valence-electron chi connectivity index (χ3n) is 3.23. The van der Waals surface area contributed by atoms with E-state index in [9.17, 15) is 9.90 Å². The average molecular weight is 260 g/mol. The molecule has 2 rings (SSSR count). The second-order valence-electron chi connectivity index (χ2n) is 5.19. The summed E-state index contributed by atoms with van der Waals surface area (Å²) in [6, 6.07) is 6.43. The smallest absolute Gasteiger partial charge is 0.217 e. The molecule has 1 aromatic carbocycles. The van der Waals surface area contributed by atoms with Gasteiger partial charge in [-0.15, -0.1) is 0 Å². The molecule has 0 spiro atoms. The van der Waals surface area contributed by atoms with E-state index in [4.69, 9.17) is 10.00 Å². The largest absolute Gasteiger partial charge is 0.485 e. The molecule has 1 aliphatic rings. The van der Waals surface area contributed by atoms with Crippen molar-refractivity contribution in [3.63, 3.8) is 0 Å². The Bertz CT molecular complexity index is 560. The maximum atomic E-state index is 11.3. The number of nitriles is 1. The zero-order chi connectivity index (χ0) is 14.2. The third-order valence-corrected chi connectivity index (χ3v) is 3.23. The molecule has 5 heteroatoms. The fraction of sp³-hybridized carbons (Fsp3) is 0.429. The van der Waals surface area contributed by atoms with Crippen LogP contribution in [0, 0.1) is 11.3 Å². The Morgan fingerprint density at radius 3 is 2.79 bits per heavy atom. The lowest BCUT2D eigenvalue weighted by molar-refractivity contribution is -0.123. The number of ether oxygens (including phenoxy) is 1. The summed E-state index contributed by atoms with van der Waals surface area (Å²) in [4.78, 5) is 11.3. The highest BCUT2D eigenvalue weighted by Gasteiger charge is 2.43. The first kappa shape index (κ1) is 13.4. The number of carbonyl (C=O) groups excluding carboxylic acids is 1. The van der Waals surface area contributed by atoms with Gasteiger partial charge < -0.3 is 15.2 Å². The molecule has 0 bridgehead atoms. The summed E-state index contributed by atoms with van der Waals surface area (Å²) in [6.45, 7) is 4.91. The van der Waals surface area contributed by atoms with E-state index >= 15 is 0 Å². The quantitative estimate of drug-likeness (QED) is 0.796. The van der Waals surface area contributed by atoms with Crippen LogP contribution >= 0.6 is 0 Å². The number of hydrogen-bond acceptors (Lipinski definition) is 4. The molecule has 0 radical (unpaired) electrons. The highest BCUT2D eigenvalue weighted by Crippen LogP contribution is 2.40. The molecule has 0 fully saturated rings. The van der Waals surface area contributed by atoms with Crippen LogP contribution in [-0.2, 0) is 4.79 Å². The zero-order valence-corrected chi connectivity index (χ0v) is 11.1. The van der Waals surface area contributed by atoms with Crippen molar-refractivity contribution in [1.29, 1.82) is 5.26 Å². The molecular formula is C14H16N2O3. The molecule has 2 N–H and O–H groups in total. The van der Waals surface area contributed by atoms with Gasteiger partial charge in [-0.3, -0.25) is 4.79 Å². The van der Waals surface area contributed by atoms with Crippen molar-refractivity contribution in [3.05, 3.63) is 29.3 Å². The molecule has 0 aromatic heterocycles. The lowest BCUT2D eigenvalue weighted by Crippen LogP contribution is -2.53. The molecule has 19 heavy (non-hydrogen) atoms. The van der Waals surface area contributed by atoms with Gasteiger partial charge in [0, 0.05) is 12.5 Å². The number of carbonyl (C=O) groups is 1. The lowest BCUT2D eigenvalue weighted by atomic mass is 9.86. The van der Waals surface area contributed by atoms with E-state index in [0.29, 0.717) is 16.9 Å². The predicted octanol–water partition coefficient (Wildman–Crippen LogP) is 1.27. The van der Waals surface area contributed by atoms with Crippen molar-refractivity contribution < 1.29 is 14.6 Å². The Labute approximate surface area is 111 Å². The number of rotatable bonds is 1. The number of nitrogens with one attached hydrogen (secondary N) is 1. The van der Waals surface area contributed by atoms with E-state index in [1.165, 1.54) is 6.92 Å².